The predicted octanol–water partition coefficient (Wildman–Crippen LogP) is 2.74. The summed E-state index contributed by atoms with van der Waals surface area (Å²) in [6.45, 7) is 1.45. The minimum atomic E-state index is -0.854. The van der Waals surface area contributed by atoms with Crippen molar-refractivity contribution < 1.29 is 14.7 Å². The number of rotatable bonds is 5. The molecule has 0 aromatic heterocycles. The molecule has 25 heavy (non-hydrogen) atoms. The van der Waals surface area contributed by atoms with Crippen molar-refractivity contribution in [3.8, 4) is 0 Å². The summed E-state index contributed by atoms with van der Waals surface area (Å²) in [4.78, 5) is 26.1. The van der Waals surface area contributed by atoms with Crippen molar-refractivity contribution in [3.63, 3.8) is 0 Å². The van der Waals surface area contributed by atoms with Crippen LogP contribution in [0.1, 0.15) is 18.4 Å². The number of benzene rings is 2. The summed E-state index contributed by atoms with van der Waals surface area (Å²) in [6, 6.07) is 18.7. The summed E-state index contributed by atoms with van der Waals surface area (Å²) in [5.41, 5.74) is 0.762. The topological polar surface area (TPSA) is 69.6 Å². The minimum Gasteiger partial charge on any atom is -0.481 e. The number of carboxylic acid groups (broad SMARTS) is 1. The normalized spacial score (nSPS) is 17.0. The van der Waals surface area contributed by atoms with Crippen LogP contribution in [0, 0.1) is 0 Å². The molecule has 5 heteroatoms. The van der Waals surface area contributed by atoms with Gasteiger partial charge in [0, 0.05) is 18.8 Å². The molecule has 0 saturated carbocycles. The van der Waals surface area contributed by atoms with E-state index in [1.165, 1.54) is 0 Å². The Hall–Kier alpha value is -2.66. The number of amides is 1. The number of hydrogen-bond donors (Lipinski definition) is 2. The van der Waals surface area contributed by atoms with Gasteiger partial charge in [0.15, 0.2) is 0 Å². The van der Waals surface area contributed by atoms with Crippen LogP contribution in [0.25, 0.3) is 0 Å². The number of carbonyl (C=O) groups excluding carboxylic acids is 1. The van der Waals surface area contributed by atoms with Crippen molar-refractivity contribution in [1.29, 1.82) is 0 Å². The van der Waals surface area contributed by atoms with Crippen LogP contribution < -0.4 is 5.32 Å². The van der Waals surface area contributed by atoms with Crippen LogP contribution in [0.15, 0.2) is 60.7 Å². The molecule has 0 atom stereocenters. The Morgan fingerprint density at radius 2 is 1.52 bits per heavy atom. The molecule has 0 bridgehead atoms. The Labute approximate surface area is 147 Å². The van der Waals surface area contributed by atoms with E-state index >= 15 is 0 Å². The molecule has 1 saturated heterocycles. The molecule has 2 aromatic carbocycles. The van der Waals surface area contributed by atoms with Crippen LogP contribution in [-0.2, 0) is 15.0 Å². The summed E-state index contributed by atoms with van der Waals surface area (Å²) in [6.07, 6.45) is 1.01. The number of aliphatic carboxylic acids is 1. The molecule has 2 aromatic rings. The SMILES string of the molecule is O=C(CN1CCC(C(=O)O)(c2ccccc2)CC1)Nc1ccccc1. The quantitative estimate of drug-likeness (QED) is 0.879. The maximum atomic E-state index is 12.2. The first kappa shape index (κ1) is 17.2. The molecule has 0 radical (unpaired) electrons. The third-order valence-corrected chi connectivity index (χ3v) is 4.87. The fourth-order valence-electron chi connectivity index (χ4n) is 3.40. The van der Waals surface area contributed by atoms with Gasteiger partial charge in [0.05, 0.1) is 12.0 Å². The molecule has 1 fully saturated rings. The molecule has 0 aliphatic carbocycles. The van der Waals surface area contributed by atoms with Gasteiger partial charge in [-0.05, 0) is 30.5 Å². The molecule has 1 heterocycles. The van der Waals surface area contributed by atoms with E-state index in [4.69, 9.17) is 0 Å². The molecule has 1 amide bonds. The molecule has 5 nitrogen and oxygen atoms in total. The maximum Gasteiger partial charge on any atom is 0.314 e. The third kappa shape index (κ3) is 3.88. The molecule has 0 spiro atoms. The molecule has 1 aliphatic rings. The van der Waals surface area contributed by atoms with Gasteiger partial charge in [-0.3, -0.25) is 14.5 Å². The first-order valence-corrected chi connectivity index (χ1v) is 8.46. The second-order valence-corrected chi connectivity index (χ2v) is 6.44. The summed E-state index contributed by atoms with van der Waals surface area (Å²) < 4.78 is 0. The lowest BCUT2D eigenvalue weighted by Crippen LogP contribution is -2.49. The zero-order valence-corrected chi connectivity index (χ0v) is 14.0. The van der Waals surface area contributed by atoms with Crippen molar-refractivity contribution in [3.05, 3.63) is 66.2 Å². The van der Waals surface area contributed by atoms with E-state index < -0.39 is 11.4 Å². The lowest BCUT2D eigenvalue weighted by atomic mass is 9.73. The van der Waals surface area contributed by atoms with Crippen molar-refractivity contribution in [2.24, 2.45) is 0 Å². The van der Waals surface area contributed by atoms with Gasteiger partial charge in [-0.2, -0.15) is 0 Å². The predicted molar refractivity (Wildman–Crippen MR) is 96.5 cm³/mol. The van der Waals surface area contributed by atoms with Gasteiger partial charge in [-0.15, -0.1) is 0 Å². The summed E-state index contributed by atoms with van der Waals surface area (Å²) in [5, 5.41) is 12.7. The van der Waals surface area contributed by atoms with Crippen molar-refractivity contribution in [2.75, 3.05) is 25.0 Å². The van der Waals surface area contributed by atoms with Crippen molar-refractivity contribution >= 4 is 17.6 Å². The number of para-hydroxylation sites is 1. The molecule has 0 unspecified atom stereocenters. The first-order valence-electron chi connectivity index (χ1n) is 8.46. The van der Waals surface area contributed by atoms with Crippen LogP contribution in [0.5, 0.6) is 0 Å². The van der Waals surface area contributed by atoms with Gasteiger partial charge < -0.3 is 10.4 Å². The van der Waals surface area contributed by atoms with E-state index in [-0.39, 0.29) is 12.5 Å². The van der Waals surface area contributed by atoms with E-state index in [0.29, 0.717) is 25.9 Å². The number of nitrogens with one attached hydrogen (secondary N) is 1. The Kier molecular flexibility index (Phi) is 5.14. The van der Waals surface area contributed by atoms with Gasteiger partial charge in [0.2, 0.25) is 5.91 Å². The molecule has 3 rings (SSSR count). The van der Waals surface area contributed by atoms with Gasteiger partial charge in [-0.25, -0.2) is 0 Å². The van der Waals surface area contributed by atoms with Crippen LogP contribution in [0.3, 0.4) is 0 Å². The Bertz CT molecular complexity index is 723. The smallest absolute Gasteiger partial charge is 0.314 e. The Balaban J connectivity index is 1.61. The average molecular weight is 338 g/mol. The molecule has 1 aliphatic heterocycles. The number of carbonyl (C=O) groups is 2. The Morgan fingerprint density at radius 3 is 2.08 bits per heavy atom. The van der Waals surface area contributed by atoms with E-state index in [1.807, 2.05) is 65.6 Å². The van der Waals surface area contributed by atoms with E-state index in [9.17, 15) is 14.7 Å². The number of carboxylic acids is 1. The summed E-state index contributed by atoms with van der Waals surface area (Å²) in [7, 11) is 0. The summed E-state index contributed by atoms with van der Waals surface area (Å²) >= 11 is 0. The lowest BCUT2D eigenvalue weighted by Gasteiger charge is -2.39. The van der Waals surface area contributed by atoms with Gasteiger partial charge in [-0.1, -0.05) is 48.5 Å². The van der Waals surface area contributed by atoms with E-state index in [2.05, 4.69) is 5.32 Å². The van der Waals surface area contributed by atoms with Gasteiger partial charge >= 0.3 is 5.97 Å². The number of anilines is 1. The van der Waals surface area contributed by atoms with E-state index in [1.54, 1.807) is 0 Å². The highest BCUT2D eigenvalue weighted by Gasteiger charge is 2.43. The fraction of sp³-hybridized carbons (Fsp3) is 0.300. The molecule has 130 valence electrons. The van der Waals surface area contributed by atoms with Crippen LogP contribution in [0.4, 0.5) is 5.69 Å². The summed E-state index contributed by atoms with van der Waals surface area (Å²) in [5.74, 6) is -0.860. The Morgan fingerprint density at radius 1 is 0.960 bits per heavy atom. The number of hydrogen-bond acceptors (Lipinski definition) is 3. The second kappa shape index (κ2) is 7.49. The maximum absolute atomic E-state index is 12.2. The van der Waals surface area contributed by atoms with Crippen LogP contribution in [-0.4, -0.2) is 41.5 Å². The molecule has 2 N–H and O–H groups in total. The van der Waals surface area contributed by atoms with Crippen LogP contribution >= 0.6 is 0 Å². The second-order valence-electron chi connectivity index (χ2n) is 6.44. The van der Waals surface area contributed by atoms with Crippen LogP contribution in [0.2, 0.25) is 0 Å². The highest BCUT2D eigenvalue weighted by atomic mass is 16.4. The minimum absolute atomic E-state index is 0.0752. The lowest BCUT2D eigenvalue weighted by molar-refractivity contribution is -0.146. The number of nitrogens with zero attached hydrogens (tertiary/aromatic N) is 1. The zero-order valence-electron chi connectivity index (χ0n) is 14.0. The highest BCUT2D eigenvalue weighted by molar-refractivity contribution is 5.92. The van der Waals surface area contributed by atoms with Gasteiger partial charge in [0.1, 0.15) is 0 Å². The van der Waals surface area contributed by atoms with Gasteiger partial charge in [0.25, 0.3) is 0 Å². The fourth-order valence-corrected chi connectivity index (χ4v) is 3.40. The zero-order chi connectivity index (χ0) is 17.7. The standard InChI is InChI=1S/C20H22N2O3/c23-18(21-17-9-5-2-6-10-17)15-22-13-11-20(12-14-22,19(24)25)16-7-3-1-4-8-16/h1-10H,11-15H2,(H,21,23)(H,24,25). The third-order valence-electron chi connectivity index (χ3n) is 4.87. The number of piperidine rings is 1. The van der Waals surface area contributed by atoms with E-state index in [0.717, 1.165) is 11.3 Å². The van der Waals surface area contributed by atoms with Crippen molar-refractivity contribution in [2.45, 2.75) is 18.3 Å². The molecular weight excluding hydrogens is 316 g/mol. The number of likely N-dealkylation sites (tertiary alicyclic amines) is 1. The highest BCUT2D eigenvalue weighted by Crippen LogP contribution is 2.35. The largest absolute Gasteiger partial charge is 0.481 e. The first-order chi connectivity index (χ1) is 12.1. The monoisotopic (exact) mass is 338 g/mol. The van der Waals surface area contributed by atoms with Crippen molar-refractivity contribution in [1.82, 2.24) is 4.90 Å². The average Bonchev–Trinajstić information content (AvgIpc) is 2.64. The molecular formula is C20H22N2O3.